The second kappa shape index (κ2) is 7.67. The Morgan fingerprint density at radius 1 is 1.05 bits per heavy atom. The predicted molar refractivity (Wildman–Crippen MR) is 94.7 cm³/mol. The molecule has 0 aliphatic carbocycles. The van der Waals surface area contributed by atoms with Gasteiger partial charge in [-0.2, -0.15) is 11.8 Å². The molecule has 2 N–H and O–H groups in total. The lowest BCUT2D eigenvalue weighted by atomic mass is 10.0. The van der Waals surface area contributed by atoms with Crippen molar-refractivity contribution in [1.29, 1.82) is 0 Å². The van der Waals surface area contributed by atoms with Gasteiger partial charge in [-0.15, -0.1) is 0 Å². The first-order valence-corrected chi connectivity index (χ1v) is 8.66. The lowest BCUT2D eigenvalue weighted by Gasteiger charge is -2.20. The fourth-order valence-corrected chi connectivity index (χ4v) is 3.38. The monoisotopic (exact) mass is 299 g/mol. The van der Waals surface area contributed by atoms with E-state index in [9.17, 15) is 0 Å². The van der Waals surface area contributed by atoms with Gasteiger partial charge in [0.1, 0.15) is 0 Å². The highest BCUT2D eigenvalue weighted by Crippen LogP contribution is 2.27. The van der Waals surface area contributed by atoms with Gasteiger partial charge in [0.2, 0.25) is 0 Å². The van der Waals surface area contributed by atoms with Gasteiger partial charge in [-0.1, -0.05) is 67.9 Å². The number of aryl methyl sites for hydroxylation is 2. The Morgan fingerprint density at radius 3 is 2.38 bits per heavy atom. The van der Waals surface area contributed by atoms with Crippen LogP contribution in [0.4, 0.5) is 0 Å². The zero-order valence-electron chi connectivity index (χ0n) is 13.2. The van der Waals surface area contributed by atoms with Crippen molar-refractivity contribution in [2.45, 2.75) is 44.2 Å². The van der Waals surface area contributed by atoms with Crippen LogP contribution in [0, 0.1) is 6.92 Å². The van der Waals surface area contributed by atoms with Gasteiger partial charge in [-0.3, -0.25) is 0 Å². The van der Waals surface area contributed by atoms with Crippen molar-refractivity contribution in [2.75, 3.05) is 0 Å². The Morgan fingerprint density at radius 2 is 1.76 bits per heavy atom. The predicted octanol–water partition coefficient (Wildman–Crippen LogP) is 4.88. The summed E-state index contributed by atoms with van der Waals surface area (Å²) in [6.45, 7) is 6.53. The van der Waals surface area contributed by atoms with Crippen LogP contribution in [0.5, 0.6) is 0 Å². The van der Waals surface area contributed by atoms with E-state index < -0.39 is 0 Å². The standard InChI is InChI=1S/C19H25NS/c1-4-16-8-10-18(11-9-16)19(20)15(3)21-13-17-7-5-6-14(2)12-17/h5-12,15,19H,4,13,20H2,1-3H3. The third-order valence-electron chi connectivity index (χ3n) is 3.87. The highest BCUT2D eigenvalue weighted by Gasteiger charge is 2.15. The van der Waals surface area contributed by atoms with Gasteiger partial charge in [0.15, 0.2) is 0 Å². The molecule has 0 amide bonds. The lowest BCUT2D eigenvalue weighted by Crippen LogP contribution is -2.21. The molecule has 1 nitrogen and oxygen atoms in total. The van der Waals surface area contributed by atoms with Crippen molar-refractivity contribution in [3.8, 4) is 0 Å². The molecular formula is C19H25NS. The largest absolute Gasteiger partial charge is 0.323 e. The summed E-state index contributed by atoms with van der Waals surface area (Å²) in [7, 11) is 0. The SMILES string of the molecule is CCc1ccc(C(N)C(C)SCc2cccc(C)c2)cc1. The molecule has 2 unspecified atom stereocenters. The summed E-state index contributed by atoms with van der Waals surface area (Å²) in [6.07, 6.45) is 1.08. The average molecular weight is 299 g/mol. The minimum absolute atomic E-state index is 0.0886. The first-order valence-electron chi connectivity index (χ1n) is 7.61. The fraction of sp³-hybridized carbons (Fsp3) is 0.368. The molecule has 0 saturated heterocycles. The van der Waals surface area contributed by atoms with Gasteiger partial charge in [0, 0.05) is 17.0 Å². The minimum Gasteiger partial charge on any atom is -0.323 e. The molecule has 2 heteroatoms. The fourth-order valence-electron chi connectivity index (χ4n) is 2.38. The Balaban J connectivity index is 1.93. The maximum Gasteiger partial charge on any atom is 0.0412 e. The Hall–Kier alpha value is -1.25. The molecule has 0 aliphatic rings. The molecule has 2 rings (SSSR count). The molecule has 0 saturated carbocycles. The normalized spacial score (nSPS) is 13.9. The summed E-state index contributed by atoms with van der Waals surface area (Å²) in [4.78, 5) is 0. The zero-order valence-corrected chi connectivity index (χ0v) is 14.0. The summed E-state index contributed by atoms with van der Waals surface area (Å²) in [5.41, 5.74) is 11.7. The highest BCUT2D eigenvalue weighted by atomic mass is 32.2. The molecule has 0 spiro atoms. The van der Waals surface area contributed by atoms with Crippen LogP contribution in [0.25, 0.3) is 0 Å². The van der Waals surface area contributed by atoms with Crippen LogP contribution in [0.1, 0.15) is 42.1 Å². The molecule has 2 aromatic rings. The van der Waals surface area contributed by atoms with E-state index >= 15 is 0 Å². The average Bonchev–Trinajstić information content (AvgIpc) is 2.52. The molecule has 0 heterocycles. The van der Waals surface area contributed by atoms with Crippen molar-refractivity contribution in [2.24, 2.45) is 5.73 Å². The van der Waals surface area contributed by atoms with E-state index in [-0.39, 0.29) is 6.04 Å². The summed E-state index contributed by atoms with van der Waals surface area (Å²) < 4.78 is 0. The van der Waals surface area contributed by atoms with Gasteiger partial charge >= 0.3 is 0 Å². The van der Waals surface area contributed by atoms with Crippen molar-refractivity contribution < 1.29 is 0 Å². The van der Waals surface area contributed by atoms with E-state index in [1.54, 1.807) is 0 Å². The van der Waals surface area contributed by atoms with Crippen LogP contribution >= 0.6 is 11.8 Å². The third-order valence-corrected chi connectivity index (χ3v) is 5.19. The van der Waals surface area contributed by atoms with Gasteiger partial charge in [-0.05, 0) is 30.0 Å². The molecule has 0 aromatic heterocycles. The van der Waals surface area contributed by atoms with E-state index in [1.807, 2.05) is 11.8 Å². The van der Waals surface area contributed by atoms with Crippen molar-refractivity contribution in [3.05, 3.63) is 70.8 Å². The van der Waals surface area contributed by atoms with Crippen LogP contribution in [0.15, 0.2) is 48.5 Å². The first-order chi connectivity index (χ1) is 10.1. The Labute approximate surface area is 133 Å². The van der Waals surface area contributed by atoms with Gasteiger partial charge in [0.05, 0.1) is 0 Å². The highest BCUT2D eigenvalue weighted by molar-refractivity contribution is 7.99. The topological polar surface area (TPSA) is 26.0 Å². The van der Waals surface area contributed by atoms with Gasteiger partial charge in [0.25, 0.3) is 0 Å². The molecule has 0 bridgehead atoms. The molecule has 2 atom stereocenters. The number of nitrogens with two attached hydrogens (primary N) is 1. The molecule has 21 heavy (non-hydrogen) atoms. The number of hydrogen-bond acceptors (Lipinski definition) is 2. The van der Waals surface area contributed by atoms with Crippen LogP contribution in [-0.2, 0) is 12.2 Å². The van der Waals surface area contributed by atoms with Crippen LogP contribution in [-0.4, -0.2) is 5.25 Å². The quantitative estimate of drug-likeness (QED) is 0.822. The first kappa shape index (κ1) is 16.1. The van der Waals surface area contributed by atoms with E-state index in [0.717, 1.165) is 12.2 Å². The summed E-state index contributed by atoms with van der Waals surface area (Å²) in [6, 6.07) is 17.5. The second-order valence-corrected chi connectivity index (χ2v) is 6.99. The van der Waals surface area contributed by atoms with Crippen molar-refractivity contribution in [1.82, 2.24) is 0 Å². The number of hydrogen-bond donors (Lipinski definition) is 1. The molecule has 0 fully saturated rings. The second-order valence-electron chi connectivity index (χ2n) is 5.63. The number of rotatable bonds is 6. The summed E-state index contributed by atoms with van der Waals surface area (Å²) >= 11 is 1.93. The Bertz CT molecular complexity index is 562. The molecule has 0 radical (unpaired) electrons. The van der Waals surface area contributed by atoms with E-state index in [1.165, 1.54) is 22.3 Å². The minimum atomic E-state index is 0.0886. The maximum atomic E-state index is 6.40. The van der Waals surface area contributed by atoms with Gasteiger partial charge in [-0.25, -0.2) is 0 Å². The van der Waals surface area contributed by atoms with Crippen LogP contribution in [0.2, 0.25) is 0 Å². The van der Waals surface area contributed by atoms with E-state index in [4.69, 9.17) is 5.73 Å². The van der Waals surface area contributed by atoms with E-state index in [0.29, 0.717) is 5.25 Å². The Kier molecular flexibility index (Phi) is 5.89. The number of benzene rings is 2. The summed E-state index contributed by atoms with van der Waals surface area (Å²) in [5.74, 6) is 1.02. The third kappa shape index (κ3) is 4.62. The van der Waals surface area contributed by atoms with Crippen LogP contribution in [0.3, 0.4) is 0 Å². The molecule has 0 aliphatic heterocycles. The number of thioether (sulfide) groups is 1. The maximum absolute atomic E-state index is 6.40. The van der Waals surface area contributed by atoms with Crippen molar-refractivity contribution >= 4 is 11.8 Å². The molecule has 112 valence electrons. The van der Waals surface area contributed by atoms with Crippen molar-refractivity contribution in [3.63, 3.8) is 0 Å². The summed E-state index contributed by atoms with van der Waals surface area (Å²) in [5, 5.41) is 0.401. The smallest absolute Gasteiger partial charge is 0.0412 e. The molecule has 2 aromatic carbocycles. The van der Waals surface area contributed by atoms with Crippen LogP contribution < -0.4 is 5.73 Å². The lowest BCUT2D eigenvalue weighted by molar-refractivity contribution is 0.714. The molecular weight excluding hydrogens is 274 g/mol. The van der Waals surface area contributed by atoms with Gasteiger partial charge < -0.3 is 5.73 Å². The van der Waals surface area contributed by atoms with E-state index in [2.05, 4.69) is 69.3 Å². The zero-order chi connectivity index (χ0) is 15.2.